The molecule has 3 N–H and O–H groups in total. The minimum absolute atomic E-state index is 0.00291. The zero-order valence-electron chi connectivity index (χ0n) is 16.8. The Bertz CT molecular complexity index is 1160. The second-order valence-corrected chi connectivity index (χ2v) is 7.05. The molecule has 0 saturated carbocycles. The average molecular weight is 415 g/mol. The normalized spacial score (nSPS) is 12.6. The Morgan fingerprint density at radius 3 is 2.48 bits per heavy atom. The quantitative estimate of drug-likeness (QED) is 0.548. The van der Waals surface area contributed by atoms with Crippen LogP contribution in [0.3, 0.4) is 0 Å². The van der Waals surface area contributed by atoms with E-state index in [1.807, 2.05) is 7.85 Å². The Labute approximate surface area is 179 Å². The van der Waals surface area contributed by atoms with Crippen molar-refractivity contribution in [2.24, 2.45) is 4.99 Å². The fourth-order valence-electron chi connectivity index (χ4n) is 3.10. The summed E-state index contributed by atoms with van der Waals surface area (Å²) in [5.74, 6) is -0.451. The summed E-state index contributed by atoms with van der Waals surface area (Å²) < 4.78 is 13.8. The number of amidine groups is 1. The minimum atomic E-state index is -0.589. The van der Waals surface area contributed by atoms with E-state index in [1.165, 1.54) is 12.1 Å². The summed E-state index contributed by atoms with van der Waals surface area (Å²) in [6, 6.07) is 14.0. The fraction of sp³-hybridized carbons (Fsp3) is 0.0909. The number of anilines is 2. The lowest BCUT2D eigenvalue weighted by atomic mass is 9.99. The van der Waals surface area contributed by atoms with Gasteiger partial charge in [-0.3, -0.25) is 14.6 Å². The van der Waals surface area contributed by atoms with E-state index < -0.39 is 17.6 Å². The number of aliphatic imine (C=N–C) groups is 1. The number of nitrogens with zero attached hydrogens (tertiary/aromatic N) is 2. The van der Waals surface area contributed by atoms with Gasteiger partial charge in [0, 0.05) is 23.9 Å². The van der Waals surface area contributed by atoms with Crippen molar-refractivity contribution in [1.29, 1.82) is 0 Å². The molecule has 3 aromatic rings. The Hall–Kier alpha value is -4.01. The third kappa shape index (κ3) is 4.77. The smallest absolute Gasteiger partial charge is 0.259 e. The lowest BCUT2D eigenvalue weighted by Gasteiger charge is -2.12. The van der Waals surface area contributed by atoms with Gasteiger partial charge >= 0.3 is 0 Å². The molecule has 0 saturated heterocycles. The molecule has 0 unspecified atom stereocenters. The molecule has 0 aliphatic carbocycles. The van der Waals surface area contributed by atoms with Crippen LogP contribution < -0.4 is 21.4 Å². The van der Waals surface area contributed by atoms with E-state index in [-0.39, 0.29) is 11.3 Å². The van der Waals surface area contributed by atoms with Crippen molar-refractivity contribution in [2.45, 2.75) is 0 Å². The first kappa shape index (κ1) is 20.3. The SMILES string of the molecule is Bc1ccc(NC(=O)c2cc(F)ccc2NC(=O)c2ccc(C3=NCCN3)cc2)nc1. The van der Waals surface area contributed by atoms with Gasteiger partial charge < -0.3 is 16.0 Å². The summed E-state index contributed by atoms with van der Waals surface area (Å²) >= 11 is 0. The monoisotopic (exact) mass is 415 g/mol. The molecule has 1 aliphatic rings. The number of carbonyl (C=O) groups is 2. The van der Waals surface area contributed by atoms with Crippen LogP contribution in [0.1, 0.15) is 26.3 Å². The van der Waals surface area contributed by atoms with E-state index in [1.54, 1.807) is 42.6 Å². The molecule has 7 nitrogen and oxygen atoms in total. The summed E-state index contributed by atoms with van der Waals surface area (Å²) in [6.07, 6.45) is 1.61. The molecule has 1 aromatic heterocycles. The van der Waals surface area contributed by atoms with Crippen molar-refractivity contribution in [1.82, 2.24) is 10.3 Å². The maximum absolute atomic E-state index is 13.8. The zero-order chi connectivity index (χ0) is 21.8. The molecule has 0 bridgehead atoms. The van der Waals surface area contributed by atoms with E-state index in [2.05, 4.69) is 25.9 Å². The molecule has 31 heavy (non-hydrogen) atoms. The van der Waals surface area contributed by atoms with Crippen LogP contribution in [-0.2, 0) is 0 Å². The number of benzene rings is 2. The third-order valence-electron chi connectivity index (χ3n) is 4.72. The van der Waals surface area contributed by atoms with E-state index in [9.17, 15) is 14.0 Å². The number of aromatic nitrogens is 1. The summed E-state index contributed by atoms with van der Waals surface area (Å²) in [6.45, 7) is 1.52. The summed E-state index contributed by atoms with van der Waals surface area (Å²) in [5.41, 5.74) is 2.43. The van der Waals surface area contributed by atoms with Gasteiger partial charge in [0.15, 0.2) is 0 Å². The Kier molecular flexibility index (Phi) is 5.75. The van der Waals surface area contributed by atoms with Crippen LogP contribution in [0.2, 0.25) is 0 Å². The van der Waals surface area contributed by atoms with E-state index >= 15 is 0 Å². The molecule has 0 fully saturated rings. The second-order valence-electron chi connectivity index (χ2n) is 7.05. The van der Waals surface area contributed by atoms with Crippen LogP contribution in [0.15, 0.2) is 65.8 Å². The molecule has 9 heteroatoms. The van der Waals surface area contributed by atoms with Gasteiger partial charge in [0.1, 0.15) is 25.3 Å². The topological polar surface area (TPSA) is 95.5 Å². The summed E-state index contributed by atoms with van der Waals surface area (Å²) in [4.78, 5) is 33.9. The number of nitrogens with one attached hydrogen (secondary N) is 3. The standard InChI is InChI=1S/C22H19BFN5O2/c23-15-5-8-19(27-12-15)29-22(31)17-11-16(24)6-7-18(17)28-21(30)14-3-1-13(2-4-14)20-25-9-10-26-20/h1-8,11-12H,9-10,23H2,(H,25,26)(H,28,30)(H,27,29,31). The van der Waals surface area contributed by atoms with Crippen LogP contribution >= 0.6 is 0 Å². The van der Waals surface area contributed by atoms with E-state index in [0.717, 1.165) is 36.0 Å². The van der Waals surface area contributed by atoms with E-state index in [0.29, 0.717) is 11.4 Å². The number of hydrogen-bond acceptors (Lipinski definition) is 5. The predicted octanol–water partition coefficient (Wildman–Crippen LogP) is 1.33. The van der Waals surface area contributed by atoms with Crippen molar-refractivity contribution >= 4 is 42.5 Å². The third-order valence-corrected chi connectivity index (χ3v) is 4.72. The second kappa shape index (κ2) is 8.79. The first-order valence-electron chi connectivity index (χ1n) is 9.73. The van der Waals surface area contributed by atoms with Gasteiger partial charge in [-0.15, -0.1) is 0 Å². The molecular weight excluding hydrogens is 396 g/mol. The number of amides is 2. The highest BCUT2D eigenvalue weighted by Crippen LogP contribution is 2.20. The van der Waals surface area contributed by atoms with E-state index in [4.69, 9.17) is 0 Å². The average Bonchev–Trinajstić information content (AvgIpc) is 3.31. The summed E-state index contributed by atoms with van der Waals surface area (Å²) in [5, 5.41) is 8.48. The highest BCUT2D eigenvalue weighted by Gasteiger charge is 2.17. The Balaban J connectivity index is 1.52. The molecule has 0 spiro atoms. The number of pyridine rings is 1. The molecular formula is C22H19BFN5O2. The van der Waals surface area contributed by atoms with Gasteiger partial charge in [0.25, 0.3) is 11.8 Å². The fourth-order valence-corrected chi connectivity index (χ4v) is 3.10. The van der Waals surface area contributed by atoms with Gasteiger partial charge in [-0.25, -0.2) is 9.37 Å². The first-order chi connectivity index (χ1) is 15.0. The maximum atomic E-state index is 13.8. The molecule has 154 valence electrons. The number of rotatable bonds is 5. The molecule has 2 aromatic carbocycles. The van der Waals surface area contributed by atoms with Gasteiger partial charge in [0.2, 0.25) is 0 Å². The number of carbonyl (C=O) groups excluding carboxylic acids is 2. The predicted molar refractivity (Wildman–Crippen MR) is 121 cm³/mol. The van der Waals surface area contributed by atoms with Crippen LogP contribution in [0, 0.1) is 5.82 Å². The molecule has 0 atom stereocenters. The number of hydrogen-bond donors (Lipinski definition) is 3. The van der Waals surface area contributed by atoms with Crippen molar-refractivity contribution < 1.29 is 14.0 Å². The molecule has 2 amide bonds. The molecule has 0 radical (unpaired) electrons. The molecule has 1 aliphatic heterocycles. The van der Waals surface area contributed by atoms with Crippen molar-refractivity contribution in [3.8, 4) is 0 Å². The van der Waals surface area contributed by atoms with Crippen LogP contribution in [0.5, 0.6) is 0 Å². The minimum Gasteiger partial charge on any atom is -0.368 e. The maximum Gasteiger partial charge on any atom is 0.259 e. The van der Waals surface area contributed by atoms with Gasteiger partial charge in [0.05, 0.1) is 17.8 Å². The van der Waals surface area contributed by atoms with Gasteiger partial charge in [-0.1, -0.05) is 23.7 Å². The highest BCUT2D eigenvalue weighted by molar-refractivity contribution is 6.32. The Morgan fingerprint density at radius 1 is 1.00 bits per heavy atom. The lowest BCUT2D eigenvalue weighted by molar-refractivity contribution is 0.102. The lowest BCUT2D eigenvalue weighted by Crippen LogP contribution is -2.20. The van der Waals surface area contributed by atoms with Crippen LogP contribution in [-0.4, -0.2) is 43.6 Å². The van der Waals surface area contributed by atoms with Crippen molar-refractivity contribution in [2.75, 3.05) is 23.7 Å². The zero-order valence-corrected chi connectivity index (χ0v) is 16.8. The first-order valence-corrected chi connectivity index (χ1v) is 9.73. The van der Waals surface area contributed by atoms with Crippen LogP contribution in [0.4, 0.5) is 15.9 Å². The summed E-state index contributed by atoms with van der Waals surface area (Å²) in [7, 11) is 1.88. The molecule has 2 heterocycles. The molecule has 4 rings (SSSR count). The Morgan fingerprint density at radius 2 is 1.81 bits per heavy atom. The van der Waals surface area contributed by atoms with Gasteiger partial charge in [-0.05, 0) is 36.4 Å². The van der Waals surface area contributed by atoms with Gasteiger partial charge in [-0.2, -0.15) is 0 Å². The largest absolute Gasteiger partial charge is 0.368 e. The van der Waals surface area contributed by atoms with Crippen molar-refractivity contribution in [3.63, 3.8) is 0 Å². The highest BCUT2D eigenvalue weighted by atomic mass is 19.1. The number of halogens is 1. The van der Waals surface area contributed by atoms with Crippen molar-refractivity contribution in [3.05, 3.63) is 83.3 Å². The van der Waals surface area contributed by atoms with Crippen LogP contribution in [0.25, 0.3) is 0 Å².